The molecule has 2 aromatic carbocycles. The molecule has 1 nitrogen and oxygen atoms in total. The minimum absolute atomic E-state index is 0.130. The van der Waals surface area contributed by atoms with Crippen LogP contribution in [-0.2, 0) is 6.42 Å². The summed E-state index contributed by atoms with van der Waals surface area (Å²) in [7, 11) is 0. The average Bonchev–Trinajstić information content (AvgIpc) is 2.50. The van der Waals surface area contributed by atoms with E-state index in [0.29, 0.717) is 5.56 Å². The fourth-order valence-electron chi connectivity index (χ4n) is 2.39. The monoisotopic (exact) mass is 343 g/mol. The molecule has 0 saturated heterocycles. The Hall–Kier alpha value is -1.74. The topological polar surface area (TPSA) is 12.9 Å². The summed E-state index contributed by atoms with van der Waals surface area (Å²) in [5, 5.41) is 1.14. The van der Waals surface area contributed by atoms with E-state index >= 15 is 0 Å². The van der Waals surface area contributed by atoms with Crippen molar-refractivity contribution in [2.24, 2.45) is 0 Å². The lowest BCUT2D eigenvalue weighted by Gasteiger charge is -2.11. The van der Waals surface area contributed by atoms with Crippen molar-refractivity contribution in [3.05, 3.63) is 77.2 Å². The van der Waals surface area contributed by atoms with E-state index in [2.05, 4.69) is 33.0 Å². The molecule has 3 aromatic rings. The molecule has 3 rings (SSSR count). The molecule has 0 spiro atoms. The number of aryl methyl sites for hydroxylation is 1. The largest absolute Gasteiger partial charge is 0.253 e. The summed E-state index contributed by atoms with van der Waals surface area (Å²) in [5.74, 6) is -0.165. The molecule has 0 fully saturated rings. The average molecular weight is 344 g/mol. The van der Waals surface area contributed by atoms with E-state index < -0.39 is 0 Å². The van der Waals surface area contributed by atoms with E-state index in [0.717, 1.165) is 28.6 Å². The van der Waals surface area contributed by atoms with Gasteiger partial charge in [-0.1, -0.05) is 52.3 Å². The van der Waals surface area contributed by atoms with Crippen molar-refractivity contribution in [3.8, 4) is 0 Å². The summed E-state index contributed by atoms with van der Waals surface area (Å²) < 4.78 is 13.3. The number of hydrogen-bond acceptors (Lipinski definition) is 1. The van der Waals surface area contributed by atoms with Gasteiger partial charge in [0.05, 0.1) is 5.52 Å². The van der Waals surface area contributed by atoms with Crippen LogP contribution in [-0.4, -0.2) is 4.98 Å². The fraction of sp³-hybridized carbons (Fsp3) is 0.167. The first-order valence-corrected chi connectivity index (χ1v) is 7.80. The predicted octanol–water partition coefficient (Wildman–Crippen LogP) is 5.36. The zero-order valence-electron chi connectivity index (χ0n) is 11.7. The predicted molar refractivity (Wildman–Crippen MR) is 88.3 cm³/mol. The molecule has 1 atom stereocenters. The quantitative estimate of drug-likeness (QED) is 0.583. The molecular weight excluding hydrogens is 329 g/mol. The highest BCUT2D eigenvalue weighted by atomic mass is 79.9. The number of fused-ring (bicyclic) bond motifs is 1. The Morgan fingerprint density at radius 1 is 1.10 bits per heavy atom. The van der Waals surface area contributed by atoms with Gasteiger partial charge in [0, 0.05) is 22.3 Å². The summed E-state index contributed by atoms with van der Waals surface area (Å²) >= 11 is 3.68. The zero-order valence-corrected chi connectivity index (χ0v) is 13.3. The second-order valence-electron chi connectivity index (χ2n) is 5.18. The van der Waals surface area contributed by atoms with Crippen LogP contribution in [0.25, 0.3) is 10.9 Å². The molecule has 0 aliphatic heterocycles. The molecule has 0 bridgehead atoms. The van der Waals surface area contributed by atoms with Gasteiger partial charge in [0.2, 0.25) is 0 Å². The molecule has 0 radical (unpaired) electrons. The van der Waals surface area contributed by atoms with Crippen LogP contribution in [0.5, 0.6) is 0 Å². The van der Waals surface area contributed by atoms with Gasteiger partial charge in [-0.15, -0.1) is 0 Å². The third-order valence-electron chi connectivity index (χ3n) is 3.59. The summed E-state index contributed by atoms with van der Waals surface area (Å²) in [6.07, 6.45) is 0.774. The molecule has 0 N–H and O–H groups in total. The van der Waals surface area contributed by atoms with Gasteiger partial charge < -0.3 is 0 Å². The van der Waals surface area contributed by atoms with E-state index in [4.69, 9.17) is 0 Å². The molecule has 0 amide bonds. The molecule has 1 unspecified atom stereocenters. The van der Waals surface area contributed by atoms with Crippen LogP contribution in [0.1, 0.15) is 21.6 Å². The third kappa shape index (κ3) is 3.13. The summed E-state index contributed by atoms with van der Waals surface area (Å²) in [5.41, 5.74) is 3.77. The van der Waals surface area contributed by atoms with Gasteiger partial charge in [0.15, 0.2) is 0 Å². The summed E-state index contributed by atoms with van der Waals surface area (Å²) in [6, 6.07) is 17.4. The number of para-hydroxylation sites is 1. The minimum atomic E-state index is -0.165. The lowest BCUT2D eigenvalue weighted by Crippen LogP contribution is -1.99. The van der Waals surface area contributed by atoms with Gasteiger partial charge in [-0.25, -0.2) is 4.39 Å². The van der Waals surface area contributed by atoms with E-state index in [1.165, 1.54) is 6.07 Å². The number of rotatable bonds is 3. The van der Waals surface area contributed by atoms with Gasteiger partial charge in [-0.2, -0.15) is 0 Å². The van der Waals surface area contributed by atoms with Crippen molar-refractivity contribution in [1.82, 2.24) is 4.98 Å². The van der Waals surface area contributed by atoms with Crippen LogP contribution in [0.2, 0.25) is 0 Å². The molecule has 106 valence electrons. The van der Waals surface area contributed by atoms with E-state index in [-0.39, 0.29) is 10.6 Å². The minimum Gasteiger partial charge on any atom is -0.253 e. The van der Waals surface area contributed by atoms with Gasteiger partial charge in [0.1, 0.15) is 5.82 Å². The van der Waals surface area contributed by atoms with Crippen LogP contribution < -0.4 is 0 Å². The molecule has 0 aliphatic carbocycles. The zero-order chi connectivity index (χ0) is 14.8. The molecule has 0 saturated carbocycles. The van der Waals surface area contributed by atoms with Gasteiger partial charge in [-0.3, -0.25) is 4.98 Å². The Balaban J connectivity index is 1.85. The number of aromatic nitrogens is 1. The van der Waals surface area contributed by atoms with E-state index in [1.54, 1.807) is 6.92 Å². The smallest absolute Gasteiger partial charge is 0.126 e. The van der Waals surface area contributed by atoms with Crippen LogP contribution >= 0.6 is 15.9 Å². The Morgan fingerprint density at radius 3 is 2.71 bits per heavy atom. The van der Waals surface area contributed by atoms with Crippen molar-refractivity contribution in [2.75, 3.05) is 0 Å². The number of halogens is 2. The Bertz CT molecular complexity index is 785. The van der Waals surface area contributed by atoms with Gasteiger partial charge in [0.25, 0.3) is 0 Å². The van der Waals surface area contributed by atoms with Crippen molar-refractivity contribution >= 4 is 26.8 Å². The maximum atomic E-state index is 13.3. The van der Waals surface area contributed by atoms with Crippen LogP contribution in [0.4, 0.5) is 4.39 Å². The molecule has 3 heteroatoms. The van der Waals surface area contributed by atoms with Crippen LogP contribution in [0, 0.1) is 12.7 Å². The van der Waals surface area contributed by atoms with E-state index in [9.17, 15) is 4.39 Å². The number of pyridine rings is 1. The number of benzene rings is 2. The highest BCUT2D eigenvalue weighted by molar-refractivity contribution is 9.09. The fourth-order valence-corrected chi connectivity index (χ4v) is 3.00. The first-order chi connectivity index (χ1) is 10.1. The summed E-state index contributed by atoms with van der Waals surface area (Å²) in [6.45, 7) is 1.78. The number of nitrogens with zero attached hydrogens (tertiary/aromatic N) is 1. The van der Waals surface area contributed by atoms with Crippen LogP contribution in [0.15, 0.2) is 54.6 Å². The van der Waals surface area contributed by atoms with Crippen molar-refractivity contribution < 1.29 is 4.39 Å². The normalized spacial score (nSPS) is 12.5. The molecule has 1 heterocycles. The van der Waals surface area contributed by atoms with Crippen LogP contribution in [0.3, 0.4) is 0 Å². The first kappa shape index (κ1) is 14.2. The second-order valence-corrected chi connectivity index (χ2v) is 6.28. The highest BCUT2D eigenvalue weighted by Gasteiger charge is 2.11. The van der Waals surface area contributed by atoms with Crippen molar-refractivity contribution in [1.29, 1.82) is 0 Å². The summed E-state index contributed by atoms with van der Waals surface area (Å²) in [4.78, 5) is 4.81. The van der Waals surface area contributed by atoms with E-state index in [1.807, 2.05) is 36.4 Å². The molecule has 1 aromatic heterocycles. The lowest BCUT2D eigenvalue weighted by molar-refractivity contribution is 0.617. The highest BCUT2D eigenvalue weighted by Crippen LogP contribution is 2.28. The van der Waals surface area contributed by atoms with Crippen molar-refractivity contribution in [2.45, 2.75) is 18.2 Å². The Labute approximate surface area is 132 Å². The third-order valence-corrected chi connectivity index (χ3v) is 4.44. The standard InChI is InChI=1S/C18H15BrFN/c1-12-10-14(7-9-17(12)20)16(19)11-15-8-6-13-4-2-3-5-18(13)21-15/h2-10,16H,11H2,1H3. The maximum absolute atomic E-state index is 13.3. The lowest BCUT2D eigenvalue weighted by atomic mass is 10.0. The maximum Gasteiger partial charge on any atom is 0.126 e. The molecule has 21 heavy (non-hydrogen) atoms. The number of hydrogen-bond donors (Lipinski definition) is 0. The SMILES string of the molecule is Cc1cc(C(Br)Cc2ccc3ccccc3n2)ccc1F. The first-order valence-electron chi connectivity index (χ1n) is 6.88. The van der Waals surface area contributed by atoms with Crippen molar-refractivity contribution in [3.63, 3.8) is 0 Å². The Kier molecular flexibility index (Phi) is 4.02. The Morgan fingerprint density at radius 2 is 1.90 bits per heavy atom. The second kappa shape index (κ2) is 5.94. The molecular formula is C18H15BrFN. The number of alkyl halides is 1. The molecule has 0 aliphatic rings. The van der Waals surface area contributed by atoms with Gasteiger partial charge in [-0.05, 0) is 36.2 Å². The van der Waals surface area contributed by atoms with Gasteiger partial charge >= 0.3 is 0 Å².